The van der Waals surface area contributed by atoms with Crippen LogP contribution in [0.1, 0.15) is 0 Å². The summed E-state index contributed by atoms with van der Waals surface area (Å²) in [5.74, 6) is 0. The molecule has 16 heavy (non-hydrogen) atoms. The SMILES string of the molecule is Clc1cccnc1-c1ccc(Cl)c(Cl)c1Cl. The summed E-state index contributed by atoms with van der Waals surface area (Å²) < 4.78 is 0. The lowest BCUT2D eigenvalue weighted by Gasteiger charge is -2.07. The van der Waals surface area contributed by atoms with Gasteiger partial charge >= 0.3 is 0 Å². The maximum atomic E-state index is 6.09. The Labute approximate surface area is 113 Å². The normalized spacial score (nSPS) is 10.5. The topological polar surface area (TPSA) is 12.9 Å². The number of aromatic nitrogens is 1. The van der Waals surface area contributed by atoms with Crippen molar-refractivity contribution >= 4 is 46.4 Å². The van der Waals surface area contributed by atoms with Gasteiger partial charge in [-0.25, -0.2) is 0 Å². The molecule has 1 aromatic heterocycles. The fourth-order valence-corrected chi connectivity index (χ4v) is 2.14. The molecule has 0 saturated heterocycles. The fraction of sp³-hybridized carbons (Fsp3) is 0. The lowest BCUT2D eigenvalue weighted by atomic mass is 10.1. The molecule has 0 aliphatic carbocycles. The highest BCUT2D eigenvalue weighted by molar-refractivity contribution is 6.49. The zero-order chi connectivity index (χ0) is 11.7. The van der Waals surface area contributed by atoms with E-state index in [4.69, 9.17) is 46.4 Å². The maximum absolute atomic E-state index is 6.09. The fourth-order valence-electron chi connectivity index (χ4n) is 1.29. The summed E-state index contributed by atoms with van der Waals surface area (Å²) in [7, 11) is 0. The second-order valence-corrected chi connectivity index (χ2v) is 4.63. The molecule has 0 aliphatic heterocycles. The molecule has 0 atom stereocenters. The molecule has 0 spiro atoms. The minimum Gasteiger partial charge on any atom is -0.255 e. The molecule has 0 fully saturated rings. The van der Waals surface area contributed by atoms with Gasteiger partial charge < -0.3 is 0 Å². The van der Waals surface area contributed by atoms with Gasteiger partial charge in [0.15, 0.2) is 0 Å². The Kier molecular flexibility index (Phi) is 3.60. The van der Waals surface area contributed by atoms with Crippen LogP contribution in [0.4, 0.5) is 0 Å². The molecule has 5 heteroatoms. The van der Waals surface area contributed by atoms with Crippen LogP contribution in [0.15, 0.2) is 30.5 Å². The number of halogens is 4. The molecule has 0 amide bonds. The molecule has 0 unspecified atom stereocenters. The van der Waals surface area contributed by atoms with Gasteiger partial charge in [0.2, 0.25) is 0 Å². The van der Waals surface area contributed by atoms with Crippen molar-refractivity contribution in [3.63, 3.8) is 0 Å². The highest BCUT2D eigenvalue weighted by atomic mass is 35.5. The van der Waals surface area contributed by atoms with Gasteiger partial charge in [0.25, 0.3) is 0 Å². The average molecular weight is 293 g/mol. The number of hydrogen-bond acceptors (Lipinski definition) is 1. The summed E-state index contributed by atoms with van der Waals surface area (Å²) >= 11 is 23.9. The van der Waals surface area contributed by atoms with E-state index in [0.29, 0.717) is 31.3 Å². The van der Waals surface area contributed by atoms with E-state index in [1.54, 1.807) is 30.5 Å². The Morgan fingerprint density at radius 1 is 0.812 bits per heavy atom. The highest BCUT2D eigenvalue weighted by Crippen LogP contribution is 2.39. The first-order chi connectivity index (χ1) is 7.61. The minimum atomic E-state index is 0.308. The largest absolute Gasteiger partial charge is 0.255 e. The summed E-state index contributed by atoms with van der Waals surface area (Å²) in [5, 5.41) is 1.59. The van der Waals surface area contributed by atoms with Crippen molar-refractivity contribution in [1.29, 1.82) is 0 Å². The molecule has 82 valence electrons. The number of pyridine rings is 1. The zero-order valence-corrected chi connectivity index (χ0v) is 10.9. The molecule has 0 bridgehead atoms. The van der Waals surface area contributed by atoms with Crippen LogP contribution >= 0.6 is 46.4 Å². The molecular formula is C11H5Cl4N. The third-order valence-corrected chi connectivity index (χ3v) is 3.65. The van der Waals surface area contributed by atoms with Crippen LogP contribution in [0.5, 0.6) is 0 Å². The Morgan fingerprint density at radius 2 is 1.56 bits per heavy atom. The Morgan fingerprint density at radius 3 is 2.25 bits per heavy atom. The summed E-state index contributed by atoms with van der Waals surface area (Å²) in [4.78, 5) is 4.16. The van der Waals surface area contributed by atoms with Gasteiger partial charge in [-0.1, -0.05) is 46.4 Å². The van der Waals surface area contributed by atoms with Gasteiger partial charge in [-0.2, -0.15) is 0 Å². The summed E-state index contributed by atoms with van der Waals surface area (Å²) in [6.07, 6.45) is 1.64. The second kappa shape index (κ2) is 4.80. The van der Waals surface area contributed by atoms with E-state index in [0.717, 1.165) is 0 Å². The summed E-state index contributed by atoms with van der Waals surface area (Å²) in [6, 6.07) is 6.89. The zero-order valence-electron chi connectivity index (χ0n) is 7.85. The lowest BCUT2D eigenvalue weighted by Crippen LogP contribution is -1.86. The van der Waals surface area contributed by atoms with E-state index < -0.39 is 0 Å². The van der Waals surface area contributed by atoms with Crippen molar-refractivity contribution in [2.75, 3.05) is 0 Å². The molecule has 1 aromatic carbocycles. The smallest absolute Gasteiger partial charge is 0.0903 e. The van der Waals surface area contributed by atoms with Gasteiger partial charge in [-0.05, 0) is 24.3 Å². The Bertz CT molecular complexity index is 540. The third kappa shape index (κ3) is 2.14. The van der Waals surface area contributed by atoms with Gasteiger partial charge in [-0.15, -0.1) is 0 Å². The van der Waals surface area contributed by atoms with Crippen molar-refractivity contribution in [3.05, 3.63) is 50.6 Å². The van der Waals surface area contributed by atoms with Gasteiger partial charge in [0.1, 0.15) is 0 Å². The number of rotatable bonds is 1. The van der Waals surface area contributed by atoms with Crippen LogP contribution in [0.3, 0.4) is 0 Å². The molecule has 2 aromatic rings. The molecule has 1 nitrogen and oxygen atoms in total. The van der Waals surface area contributed by atoms with E-state index in [-0.39, 0.29) is 0 Å². The predicted octanol–water partition coefficient (Wildman–Crippen LogP) is 5.36. The Hall–Kier alpha value is -0.470. The van der Waals surface area contributed by atoms with E-state index in [1.807, 2.05) is 0 Å². The van der Waals surface area contributed by atoms with E-state index in [1.165, 1.54) is 0 Å². The van der Waals surface area contributed by atoms with E-state index >= 15 is 0 Å². The monoisotopic (exact) mass is 291 g/mol. The molecule has 0 N–H and O–H groups in total. The Balaban J connectivity index is 2.66. The molecular weight excluding hydrogens is 288 g/mol. The summed E-state index contributed by atoms with van der Waals surface area (Å²) in [6.45, 7) is 0. The van der Waals surface area contributed by atoms with Crippen LogP contribution in [-0.4, -0.2) is 4.98 Å². The minimum absolute atomic E-state index is 0.308. The second-order valence-electron chi connectivity index (χ2n) is 3.06. The van der Waals surface area contributed by atoms with E-state index in [2.05, 4.69) is 4.98 Å². The quantitative estimate of drug-likeness (QED) is 0.645. The van der Waals surface area contributed by atoms with Crippen LogP contribution in [0, 0.1) is 0 Å². The number of nitrogens with zero attached hydrogens (tertiary/aromatic N) is 1. The molecule has 0 aliphatic rings. The van der Waals surface area contributed by atoms with Gasteiger partial charge in [0, 0.05) is 11.8 Å². The number of benzene rings is 1. The van der Waals surface area contributed by atoms with E-state index in [9.17, 15) is 0 Å². The first-order valence-corrected chi connectivity index (χ1v) is 5.87. The standard InChI is InChI=1S/C11H5Cl4N/c12-7-4-3-6(9(14)10(7)15)11-8(13)2-1-5-16-11/h1-5H. The van der Waals surface area contributed by atoms with Crippen LogP contribution in [-0.2, 0) is 0 Å². The summed E-state index contributed by atoms with van der Waals surface area (Å²) in [5.41, 5.74) is 1.26. The van der Waals surface area contributed by atoms with Crippen molar-refractivity contribution in [2.24, 2.45) is 0 Å². The van der Waals surface area contributed by atoms with Crippen molar-refractivity contribution < 1.29 is 0 Å². The van der Waals surface area contributed by atoms with Crippen molar-refractivity contribution in [1.82, 2.24) is 4.98 Å². The van der Waals surface area contributed by atoms with Gasteiger partial charge in [-0.3, -0.25) is 4.98 Å². The third-order valence-electron chi connectivity index (χ3n) is 2.05. The van der Waals surface area contributed by atoms with Crippen LogP contribution in [0.25, 0.3) is 11.3 Å². The molecule has 0 saturated carbocycles. The average Bonchev–Trinajstić information content (AvgIpc) is 2.28. The predicted molar refractivity (Wildman–Crippen MR) is 69.7 cm³/mol. The van der Waals surface area contributed by atoms with Crippen LogP contribution in [0.2, 0.25) is 20.1 Å². The van der Waals surface area contributed by atoms with Crippen LogP contribution < -0.4 is 0 Å². The highest BCUT2D eigenvalue weighted by Gasteiger charge is 2.13. The number of hydrogen-bond donors (Lipinski definition) is 0. The van der Waals surface area contributed by atoms with Crippen molar-refractivity contribution in [2.45, 2.75) is 0 Å². The first-order valence-electron chi connectivity index (χ1n) is 4.35. The molecule has 0 radical (unpaired) electrons. The first kappa shape index (κ1) is 12.0. The van der Waals surface area contributed by atoms with Gasteiger partial charge in [0.05, 0.1) is 25.8 Å². The molecule has 1 heterocycles. The maximum Gasteiger partial charge on any atom is 0.0903 e. The molecule has 2 rings (SSSR count). The van der Waals surface area contributed by atoms with Crippen molar-refractivity contribution in [3.8, 4) is 11.3 Å². The lowest BCUT2D eigenvalue weighted by molar-refractivity contribution is 1.33.